The van der Waals surface area contributed by atoms with E-state index in [1.807, 2.05) is 12.3 Å². The maximum Gasteiger partial charge on any atom is 0.224 e. The second-order valence-corrected chi connectivity index (χ2v) is 9.66. The van der Waals surface area contributed by atoms with Gasteiger partial charge in [-0.15, -0.1) is 0 Å². The number of rotatable bonds is 3. The predicted molar refractivity (Wildman–Crippen MR) is 128 cm³/mol. The normalized spacial score (nSPS) is 21.7. The number of carbonyl (C=O) groups is 1. The number of hydrogen-bond acceptors (Lipinski definition) is 3. The van der Waals surface area contributed by atoms with E-state index in [2.05, 4.69) is 34.3 Å². The fourth-order valence-electron chi connectivity index (χ4n) is 5.77. The Balaban J connectivity index is 1.20. The van der Waals surface area contributed by atoms with Gasteiger partial charge in [0.05, 0.1) is 16.6 Å². The minimum absolute atomic E-state index is 0.0763. The van der Waals surface area contributed by atoms with Gasteiger partial charge in [-0.25, -0.2) is 9.37 Å². The zero-order chi connectivity index (χ0) is 22.5. The van der Waals surface area contributed by atoms with Crippen molar-refractivity contribution >= 4 is 33.5 Å². The highest BCUT2D eigenvalue weighted by molar-refractivity contribution is 5.96. The molecule has 2 aliphatic rings. The van der Waals surface area contributed by atoms with Gasteiger partial charge in [0.2, 0.25) is 5.91 Å². The monoisotopic (exact) mass is 442 g/mol. The molecule has 1 saturated carbocycles. The molecule has 2 aromatic heterocycles. The van der Waals surface area contributed by atoms with Crippen LogP contribution in [0.4, 0.5) is 10.1 Å². The predicted octanol–water partition coefficient (Wildman–Crippen LogP) is 6.21. The van der Waals surface area contributed by atoms with Crippen LogP contribution in [0.5, 0.6) is 0 Å². The number of nitrogens with one attached hydrogen (secondary N) is 2. The van der Waals surface area contributed by atoms with Gasteiger partial charge in [0.1, 0.15) is 11.6 Å². The molecule has 1 aliphatic carbocycles. The fraction of sp³-hybridized carbons (Fsp3) is 0.370. The van der Waals surface area contributed by atoms with E-state index < -0.39 is 0 Å². The largest absolute Gasteiger partial charge is 0.342 e. The molecule has 168 valence electrons. The molecule has 3 heterocycles. The van der Waals surface area contributed by atoms with Crippen LogP contribution in [0.3, 0.4) is 0 Å². The summed E-state index contributed by atoms with van der Waals surface area (Å²) < 4.78 is 13.9. The number of aromatic nitrogens is 3. The van der Waals surface area contributed by atoms with Crippen LogP contribution in [0, 0.1) is 11.7 Å². The Morgan fingerprint density at radius 2 is 1.88 bits per heavy atom. The Labute approximate surface area is 191 Å². The summed E-state index contributed by atoms with van der Waals surface area (Å²) in [6.07, 6.45) is 7.58. The molecule has 1 amide bonds. The van der Waals surface area contributed by atoms with Gasteiger partial charge in [-0.3, -0.25) is 9.78 Å². The first-order chi connectivity index (χ1) is 16.0. The summed E-state index contributed by atoms with van der Waals surface area (Å²) in [5.74, 6) is 2.22. The minimum Gasteiger partial charge on any atom is -0.342 e. The lowest BCUT2D eigenvalue weighted by atomic mass is 9.73. The third-order valence-corrected chi connectivity index (χ3v) is 7.71. The van der Waals surface area contributed by atoms with Crippen LogP contribution in [0.25, 0.3) is 21.9 Å². The highest BCUT2D eigenvalue weighted by atomic mass is 19.1. The SMILES string of the molecule is CC(c1nc2cc3c(cc2[nH]1)CCC(=O)N3)[C@H]1CC[C@@H](c2ccnc3ccc(F)cc32)CC1. The molecule has 5 nitrogen and oxygen atoms in total. The summed E-state index contributed by atoms with van der Waals surface area (Å²) in [7, 11) is 0. The molecular weight excluding hydrogens is 415 g/mol. The molecule has 2 aromatic carbocycles. The van der Waals surface area contributed by atoms with Crippen LogP contribution >= 0.6 is 0 Å². The van der Waals surface area contributed by atoms with Gasteiger partial charge < -0.3 is 10.3 Å². The van der Waals surface area contributed by atoms with E-state index in [1.54, 1.807) is 12.1 Å². The van der Waals surface area contributed by atoms with Crippen LogP contribution in [-0.2, 0) is 11.2 Å². The van der Waals surface area contributed by atoms with Crippen molar-refractivity contribution in [3.8, 4) is 0 Å². The molecule has 0 bridgehead atoms. The summed E-state index contributed by atoms with van der Waals surface area (Å²) in [6.45, 7) is 2.27. The quantitative estimate of drug-likeness (QED) is 0.396. The second-order valence-electron chi connectivity index (χ2n) is 9.66. The molecule has 1 atom stereocenters. The molecule has 6 rings (SSSR count). The number of anilines is 1. The summed E-state index contributed by atoms with van der Waals surface area (Å²) >= 11 is 0. The number of aromatic amines is 1. The Hall–Kier alpha value is -3.28. The lowest BCUT2D eigenvalue weighted by Crippen LogP contribution is -2.19. The maximum absolute atomic E-state index is 13.9. The van der Waals surface area contributed by atoms with Gasteiger partial charge in [0, 0.05) is 29.6 Å². The van der Waals surface area contributed by atoms with Crippen LogP contribution in [0.2, 0.25) is 0 Å². The van der Waals surface area contributed by atoms with E-state index in [1.165, 1.54) is 17.2 Å². The molecule has 1 aliphatic heterocycles. The maximum atomic E-state index is 13.9. The highest BCUT2D eigenvalue weighted by Gasteiger charge is 2.29. The standard InChI is InChI=1S/C27H27FN4O/c1-15(27-31-24-12-18-6-9-26(33)30-23(18)14-25(24)32-27)16-2-4-17(5-3-16)20-10-11-29-22-8-7-19(28)13-21(20)22/h7-8,10-17H,2-6,9H2,1H3,(H,30,33)(H,31,32)/t15?,16-,17+. The summed E-state index contributed by atoms with van der Waals surface area (Å²) in [4.78, 5) is 24.6. The van der Waals surface area contributed by atoms with E-state index in [-0.39, 0.29) is 11.7 Å². The molecule has 33 heavy (non-hydrogen) atoms. The average Bonchev–Trinajstić information content (AvgIpc) is 3.24. The summed E-state index contributed by atoms with van der Waals surface area (Å²) in [5.41, 5.74) is 6.12. The second kappa shape index (κ2) is 7.94. The Bertz CT molecular complexity index is 1370. The molecule has 1 fully saturated rings. The number of fused-ring (bicyclic) bond motifs is 3. The van der Waals surface area contributed by atoms with Crippen molar-refractivity contribution in [3.05, 3.63) is 65.4 Å². The first kappa shape index (κ1) is 20.3. The molecular formula is C27H27FN4O. The third-order valence-electron chi connectivity index (χ3n) is 7.71. The lowest BCUT2D eigenvalue weighted by Gasteiger charge is -2.32. The zero-order valence-electron chi connectivity index (χ0n) is 18.7. The van der Waals surface area contributed by atoms with Gasteiger partial charge in [0.15, 0.2) is 0 Å². The van der Waals surface area contributed by atoms with Crippen molar-refractivity contribution in [2.24, 2.45) is 5.92 Å². The van der Waals surface area contributed by atoms with E-state index in [0.29, 0.717) is 24.2 Å². The number of nitrogens with zero attached hydrogens (tertiary/aromatic N) is 2. The van der Waals surface area contributed by atoms with Crippen molar-refractivity contribution in [1.82, 2.24) is 15.0 Å². The van der Waals surface area contributed by atoms with Crippen LogP contribution < -0.4 is 5.32 Å². The van der Waals surface area contributed by atoms with Gasteiger partial charge in [0.25, 0.3) is 0 Å². The van der Waals surface area contributed by atoms with E-state index >= 15 is 0 Å². The topological polar surface area (TPSA) is 70.7 Å². The zero-order valence-corrected chi connectivity index (χ0v) is 18.7. The van der Waals surface area contributed by atoms with Crippen LogP contribution in [0.1, 0.15) is 67.8 Å². The van der Waals surface area contributed by atoms with Crippen molar-refractivity contribution in [2.75, 3.05) is 5.32 Å². The number of halogens is 1. The number of H-pyrrole nitrogens is 1. The molecule has 0 saturated heterocycles. The molecule has 6 heteroatoms. The van der Waals surface area contributed by atoms with E-state index in [0.717, 1.165) is 65.6 Å². The molecule has 0 spiro atoms. The van der Waals surface area contributed by atoms with Gasteiger partial charge >= 0.3 is 0 Å². The first-order valence-electron chi connectivity index (χ1n) is 11.9. The highest BCUT2D eigenvalue weighted by Crippen LogP contribution is 2.43. The van der Waals surface area contributed by atoms with E-state index in [4.69, 9.17) is 4.98 Å². The van der Waals surface area contributed by atoms with Gasteiger partial charge in [-0.05, 0) is 91.5 Å². The van der Waals surface area contributed by atoms with Gasteiger partial charge in [-0.2, -0.15) is 0 Å². The molecule has 4 aromatic rings. The van der Waals surface area contributed by atoms with E-state index in [9.17, 15) is 9.18 Å². The average molecular weight is 443 g/mol. The third kappa shape index (κ3) is 3.67. The lowest BCUT2D eigenvalue weighted by molar-refractivity contribution is -0.116. The number of benzene rings is 2. The Morgan fingerprint density at radius 3 is 2.73 bits per heavy atom. The number of pyridine rings is 1. The van der Waals surface area contributed by atoms with Crippen molar-refractivity contribution in [1.29, 1.82) is 0 Å². The summed E-state index contributed by atoms with van der Waals surface area (Å²) in [5, 5.41) is 3.92. The van der Waals surface area contributed by atoms with Crippen LogP contribution in [-0.4, -0.2) is 20.9 Å². The number of carbonyl (C=O) groups excluding carboxylic acids is 1. The number of hydrogen-bond donors (Lipinski definition) is 2. The van der Waals surface area contributed by atoms with Crippen molar-refractivity contribution in [2.45, 2.75) is 57.3 Å². The Kier molecular flexibility index (Phi) is 4.89. The molecule has 0 radical (unpaired) electrons. The van der Waals surface area contributed by atoms with Crippen molar-refractivity contribution < 1.29 is 9.18 Å². The smallest absolute Gasteiger partial charge is 0.224 e. The summed E-state index contributed by atoms with van der Waals surface area (Å²) in [6, 6.07) is 11.1. The minimum atomic E-state index is -0.204. The fourth-order valence-corrected chi connectivity index (χ4v) is 5.77. The Morgan fingerprint density at radius 1 is 1.03 bits per heavy atom. The molecule has 2 N–H and O–H groups in total. The van der Waals surface area contributed by atoms with Crippen molar-refractivity contribution in [3.63, 3.8) is 0 Å². The van der Waals surface area contributed by atoms with Gasteiger partial charge in [-0.1, -0.05) is 6.92 Å². The number of imidazole rings is 1. The van der Waals surface area contributed by atoms with Crippen LogP contribution in [0.15, 0.2) is 42.6 Å². The molecule has 1 unspecified atom stereocenters. The number of aryl methyl sites for hydroxylation is 1. The first-order valence-corrected chi connectivity index (χ1v) is 11.9. The number of amides is 1.